The molecule has 0 aliphatic heterocycles. The number of fused-ring (bicyclic) bond motifs is 2. The van der Waals surface area contributed by atoms with Gasteiger partial charge in [0.2, 0.25) is 0 Å². The van der Waals surface area contributed by atoms with Gasteiger partial charge in [-0.1, -0.05) is 29.6 Å². The molecule has 0 saturated heterocycles. The molecule has 2 aliphatic carbocycles. The molecule has 2 bridgehead atoms. The van der Waals surface area contributed by atoms with Gasteiger partial charge in [0, 0.05) is 11.1 Å². The summed E-state index contributed by atoms with van der Waals surface area (Å²) < 4.78 is 11.3. The number of nitrogens with one attached hydrogen (secondary N) is 1. The number of amides is 1. The Kier molecular flexibility index (Phi) is 5.38. The summed E-state index contributed by atoms with van der Waals surface area (Å²) in [6.07, 6.45) is 5.25. The number of benzene rings is 1. The summed E-state index contributed by atoms with van der Waals surface area (Å²) in [5.41, 5.74) is 0. The van der Waals surface area contributed by atoms with Crippen LogP contribution in [0.1, 0.15) is 48.9 Å². The van der Waals surface area contributed by atoms with Crippen molar-refractivity contribution < 1.29 is 13.9 Å². The van der Waals surface area contributed by atoms with Crippen molar-refractivity contribution in [3.63, 3.8) is 0 Å². The van der Waals surface area contributed by atoms with Crippen LogP contribution >= 0.6 is 23.2 Å². The summed E-state index contributed by atoms with van der Waals surface area (Å²) in [5, 5.41) is 4.10. The standard InChI is InChI=1S/C21H23Cl2NO3/c1-12(17-9-13-2-3-14(17)8-13)24-21(25)20-7-5-16(27-20)11-26-19-6-4-15(22)10-18(19)23/h4-7,10,12-14,17H,2-3,8-9,11H2,1H3,(H,24,25). The first-order valence-corrected chi connectivity index (χ1v) is 10.2. The molecule has 4 atom stereocenters. The van der Waals surface area contributed by atoms with Gasteiger partial charge in [0.1, 0.15) is 18.1 Å². The molecule has 4 unspecified atom stereocenters. The fourth-order valence-electron chi connectivity index (χ4n) is 4.61. The zero-order valence-corrected chi connectivity index (χ0v) is 16.7. The van der Waals surface area contributed by atoms with E-state index in [2.05, 4.69) is 12.2 Å². The zero-order chi connectivity index (χ0) is 19.0. The van der Waals surface area contributed by atoms with E-state index in [4.69, 9.17) is 32.4 Å². The lowest BCUT2D eigenvalue weighted by Crippen LogP contribution is -2.40. The Bertz CT molecular complexity index is 835. The van der Waals surface area contributed by atoms with Gasteiger partial charge in [0.05, 0.1) is 5.02 Å². The molecule has 1 heterocycles. The monoisotopic (exact) mass is 407 g/mol. The van der Waals surface area contributed by atoms with Crippen LogP contribution in [0.3, 0.4) is 0 Å². The van der Waals surface area contributed by atoms with Crippen molar-refractivity contribution in [2.75, 3.05) is 0 Å². The average molecular weight is 408 g/mol. The molecule has 4 rings (SSSR count). The minimum absolute atomic E-state index is 0.166. The van der Waals surface area contributed by atoms with Crippen LogP contribution in [0, 0.1) is 17.8 Å². The molecule has 2 aliphatic rings. The van der Waals surface area contributed by atoms with E-state index in [1.807, 2.05) is 0 Å². The molecule has 4 nitrogen and oxygen atoms in total. The molecule has 0 radical (unpaired) electrons. The predicted molar refractivity (Wildman–Crippen MR) is 105 cm³/mol. The lowest BCUT2D eigenvalue weighted by Gasteiger charge is -2.28. The summed E-state index contributed by atoms with van der Waals surface area (Å²) in [4.78, 5) is 12.5. The number of ether oxygens (including phenoxy) is 1. The maximum atomic E-state index is 12.5. The number of rotatable bonds is 6. The van der Waals surface area contributed by atoms with Crippen molar-refractivity contribution in [1.29, 1.82) is 0 Å². The van der Waals surface area contributed by atoms with Gasteiger partial charge >= 0.3 is 0 Å². The van der Waals surface area contributed by atoms with Gasteiger partial charge in [0.15, 0.2) is 5.76 Å². The first-order chi connectivity index (χ1) is 13.0. The third-order valence-corrected chi connectivity index (χ3v) is 6.47. The van der Waals surface area contributed by atoms with Gasteiger partial charge in [-0.2, -0.15) is 0 Å². The SMILES string of the molecule is CC(NC(=O)c1ccc(COc2ccc(Cl)cc2Cl)o1)C1CC2CCC1C2. The summed E-state index contributed by atoms with van der Waals surface area (Å²) >= 11 is 12.0. The Balaban J connectivity index is 1.32. The van der Waals surface area contributed by atoms with Crippen LogP contribution in [-0.2, 0) is 6.61 Å². The third-order valence-electron chi connectivity index (χ3n) is 5.94. The smallest absolute Gasteiger partial charge is 0.287 e. The number of carbonyl (C=O) groups is 1. The highest BCUT2D eigenvalue weighted by molar-refractivity contribution is 6.35. The summed E-state index contributed by atoms with van der Waals surface area (Å²) in [6, 6.07) is 8.65. The van der Waals surface area contributed by atoms with Crippen LogP contribution in [0.25, 0.3) is 0 Å². The van der Waals surface area contributed by atoms with Crippen LogP contribution < -0.4 is 10.1 Å². The van der Waals surface area contributed by atoms with Gasteiger partial charge in [-0.15, -0.1) is 0 Å². The Labute approximate surface area is 169 Å². The number of furan rings is 1. The lowest BCUT2D eigenvalue weighted by molar-refractivity contribution is 0.0883. The van der Waals surface area contributed by atoms with Crippen molar-refractivity contribution in [3.8, 4) is 5.75 Å². The Hall–Kier alpha value is -1.65. The maximum absolute atomic E-state index is 12.5. The van der Waals surface area contributed by atoms with Crippen LogP contribution in [0.5, 0.6) is 5.75 Å². The Morgan fingerprint density at radius 3 is 2.81 bits per heavy atom. The molecule has 1 amide bonds. The highest BCUT2D eigenvalue weighted by atomic mass is 35.5. The number of carbonyl (C=O) groups excluding carboxylic acids is 1. The number of hydrogen-bond acceptors (Lipinski definition) is 3. The number of hydrogen-bond donors (Lipinski definition) is 1. The average Bonchev–Trinajstić information content (AvgIpc) is 3.37. The minimum atomic E-state index is -0.166. The van der Waals surface area contributed by atoms with Crippen molar-refractivity contribution >= 4 is 29.1 Å². The number of halogens is 2. The second kappa shape index (κ2) is 7.76. The zero-order valence-electron chi connectivity index (χ0n) is 15.2. The second-order valence-corrected chi connectivity index (χ2v) is 8.57. The van der Waals surface area contributed by atoms with E-state index in [0.29, 0.717) is 33.2 Å². The molecule has 0 spiro atoms. The highest BCUT2D eigenvalue weighted by Crippen LogP contribution is 2.49. The molecule has 2 saturated carbocycles. The maximum Gasteiger partial charge on any atom is 0.287 e. The van der Waals surface area contributed by atoms with Gasteiger partial charge < -0.3 is 14.5 Å². The van der Waals surface area contributed by atoms with E-state index < -0.39 is 0 Å². The molecule has 2 fully saturated rings. The molecule has 2 aromatic rings. The van der Waals surface area contributed by atoms with Crippen LogP contribution in [0.2, 0.25) is 10.0 Å². The van der Waals surface area contributed by atoms with Crippen molar-refractivity contribution in [1.82, 2.24) is 5.32 Å². The van der Waals surface area contributed by atoms with E-state index in [1.165, 1.54) is 25.7 Å². The first-order valence-electron chi connectivity index (χ1n) is 9.47. The molecule has 27 heavy (non-hydrogen) atoms. The summed E-state index contributed by atoms with van der Waals surface area (Å²) in [5.74, 6) is 3.47. The van der Waals surface area contributed by atoms with E-state index >= 15 is 0 Å². The molecule has 1 N–H and O–H groups in total. The highest BCUT2D eigenvalue weighted by Gasteiger charge is 2.42. The topological polar surface area (TPSA) is 51.5 Å². The Morgan fingerprint density at radius 2 is 2.11 bits per heavy atom. The van der Waals surface area contributed by atoms with Crippen molar-refractivity contribution in [3.05, 3.63) is 51.9 Å². The quantitative estimate of drug-likeness (QED) is 0.665. The molecular formula is C21H23Cl2NO3. The van der Waals surface area contributed by atoms with Crippen LogP contribution in [0.15, 0.2) is 34.7 Å². The second-order valence-electron chi connectivity index (χ2n) is 7.73. The van der Waals surface area contributed by atoms with E-state index in [0.717, 1.165) is 11.8 Å². The van der Waals surface area contributed by atoms with Gasteiger partial charge in [-0.05, 0) is 74.3 Å². The van der Waals surface area contributed by atoms with Gasteiger partial charge in [-0.3, -0.25) is 4.79 Å². The van der Waals surface area contributed by atoms with E-state index in [9.17, 15) is 4.79 Å². The van der Waals surface area contributed by atoms with Crippen LogP contribution in [-0.4, -0.2) is 11.9 Å². The predicted octanol–water partition coefficient (Wildman–Crippen LogP) is 5.72. The third kappa shape index (κ3) is 4.12. The van der Waals surface area contributed by atoms with E-state index in [-0.39, 0.29) is 18.6 Å². The molecular weight excluding hydrogens is 385 g/mol. The Morgan fingerprint density at radius 1 is 1.26 bits per heavy atom. The minimum Gasteiger partial charge on any atom is -0.484 e. The first kappa shape index (κ1) is 18.7. The normalized spacial score (nSPS) is 24.8. The largest absolute Gasteiger partial charge is 0.484 e. The molecule has 1 aromatic heterocycles. The fraction of sp³-hybridized carbons (Fsp3) is 0.476. The summed E-state index contributed by atoms with van der Waals surface area (Å²) in [7, 11) is 0. The van der Waals surface area contributed by atoms with Crippen LogP contribution in [0.4, 0.5) is 0 Å². The van der Waals surface area contributed by atoms with Crippen molar-refractivity contribution in [2.24, 2.45) is 17.8 Å². The molecule has 1 aromatic carbocycles. The van der Waals surface area contributed by atoms with Crippen molar-refractivity contribution in [2.45, 2.75) is 45.3 Å². The molecule has 6 heteroatoms. The lowest BCUT2D eigenvalue weighted by atomic mass is 9.84. The van der Waals surface area contributed by atoms with Gasteiger partial charge in [0.25, 0.3) is 5.91 Å². The molecule has 144 valence electrons. The van der Waals surface area contributed by atoms with Gasteiger partial charge in [-0.25, -0.2) is 0 Å². The summed E-state index contributed by atoms with van der Waals surface area (Å²) in [6.45, 7) is 2.30. The van der Waals surface area contributed by atoms with E-state index in [1.54, 1.807) is 30.3 Å². The fourth-order valence-corrected chi connectivity index (χ4v) is 5.07.